The predicted octanol–water partition coefficient (Wildman–Crippen LogP) is 6.55. The van der Waals surface area contributed by atoms with Gasteiger partial charge in [0.2, 0.25) is 5.95 Å². The van der Waals surface area contributed by atoms with E-state index in [-0.39, 0.29) is 0 Å². The van der Waals surface area contributed by atoms with Crippen LogP contribution in [0.1, 0.15) is 46.1 Å². The molecule has 0 fully saturated rings. The number of anilines is 2. The minimum absolute atomic E-state index is 0.430. The molecule has 7 nitrogen and oxygen atoms in total. The Bertz CT molecular complexity index is 1210. The first-order valence-electron chi connectivity index (χ1n) is 14.3. The molecule has 0 radical (unpaired) electrons. The van der Waals surface area contributed by atoms with Gasteiger partial charge in [0.25, 0.3) is 0 Å². The standard InChI is InChI=1S/C32H43N5O2/c1-5-25(4)37-18-9-8-10-20-38-29-13-11-12-26(23-29)30-16-17-33-32(35-30)34-28-14-15-31(27(22-28)24-37)39-21-19-36(6-2)7-3/h8-9,11-17,22-23,25H,5-7,10,18-21,24H2,1-4H3,(H,33,34,35)/b9-8+. The van der Waals surface area contributed by atoms with Crippen molar-refractivity contribution in [2.75, 3.05) is 44.7 Å². The van der Waals surface area contributed by atoms with E-state index in [1.165, 1.54) is 0 Å². The summed E-state index contributed by atoms with van der Waals surface area (Å²) in [6.45, 7) is 14.8. The first-order chi connectivity index (χ1) is 19.1. The lowest BCUT2D eigenvalue weighted by Gasteiger charge is -2.28. The number of benzene rings is 2. The molecule has 4 rings (SSSR count). The van der Waals surface area contributed by atoms with E-state index in [1.807, 2.05) is 36.4 Å². The molecule has 0 amide bonds. The molecule has 1 aliphatic rings. The van der Waals surface area contributed by atoms with Crippen LogP contribution in [0.5, 0.6) is 11.5 Å². The number of nitrogens with one attached hydrogen (secondary N) is 1. The molecule has 39 heavy (non-hydrogen) atoms. The molecule has 2 heterocycles. The molecule has 0 spiro atoms. The molecular weight excluding hydrogens is 486 g/mol. The van der Waals surface area contributed by atoms with E-state index in [0.29, 0.717) is 25.2 Å². The highest BCUT2D eigenvalue weighted by Gasteiger charge is 2.16. The van der Waals surface area contributed by atoms with Gasteiger partial charge in [-0.1, -0.05) is 45.1 Å². The molecule has 3 aromatic rings. The molecule has 0 saturated carbocycles. The van der Waals surface area contributed by atoms with Crippen molar-refractivity contribution in [1.82, 2.24) is 19.8 Å². The highest BCUT2D eigenvalue weighted by molar-refractivity contribution is 5.64. The van der Waals surface area contributed by atoms with Gasteiger partial charge in [0.1, 0.15) is 18.1 Å². The Morgan fingerprint density at radius 1 is 1.08 bits per heavy atom. The number of nitrogens with zero attached hydrogens (tertiary/aromatic N) is 4. The predicted molar refractivity (Wildman–Crippen MR) is 160 cm³/mol. The minimum atomic E-state index is 0.430. The summed E-state index contributed by atoms with van der Waals surface area (Å²) in [6, 6.07) is 16.7. The van der Waals surface area contributed by atoms with Gasteiger partial charge in [-0.05, 0) is 69.3 Å². The minimum Gasteiger partial charge on any atom is -0.493 e. The molecule has 7 heteroatoms. The van der Waals surface area contributed by atoms with Crippen LogP contribution in [-0.2, 0) is 6.54 Å². The van der Waals surface area contributed by atoms with Crippen molar-refractivity contribution < 1.29 is 9.47 Å². The van der Waals surface area contributed by atoms with Crippen LogP contribution in [0, 0.1) is 0 Å². The first kappa shape index (κ1) is 28.6. The second-order valence-electron chi connectivity index (χ2n) is 9.91. The van der Waals surface area contributed by atoms with Crippen molar-refractivity contribution in [2.45, 2.75) is 53.1 Å². The fourth-order valence-electron chi connectivity index (χ4n) is 4.65. The molecule has 6 bridgehead atoms. The van der Waals surface area contributed by atoms with E-state index in [4.69, 9.17) is 14.5 Å². The fraction of sp³-hybridized carbons (Fsp3) is 0.438. The average Bonchev–Trinajstić information content (AvgIpc) is 2.97. The molecule has 0 aliphatic carbocycles. The van der Waals surface area contributed by atoms with Gasteiger partial charge in [-0.3, -0.25) is 4.90 Å². The van der Waals surface area contributed by atoms with Gasteiger partial charge in [-0.2, -0.15) is 0 Å². The number of fused-ring (bicyclic) bond motifs is 7. The zero-order valence-electron chi connectivity index (χ0n) is 23.9. The Morgan fingerprint density at radius 2 is 1.95 bits per heavy atom. The molecule has 1 unspecified atom stereocenters. The van der Waals surface area contributed by atoms with Crippen molar-refractivity contribution >= 4 is 11.6 Å². The highest BCUT2D eigenvalue weighted by Crippen LogP contribution is 2.28. The van der Waals surface area contributed by atoms with Crippen LogP contribution in [0.2, 0.25) is 0 Å². The lowest BCUT2D eigenvalue weighted by atomic mass is 10.1. The molecule has 208 valence electrons. The number of likely N-dealkylation sites (N-methyl/N-ethyl adjacent to an activating group) is 1. The fourth-order valence-corrected chi connectivity index (χ4v) is 4.65. The summed E-state index contributed by atoms with van der Waals surface area (Å²) in [4.78, 5) is 14.2. The number of ether oxygens (including phenoxy) is 2. The van der Waals surface area contributed by atoms with E-state index in [2.05, 4.69) is 72.1 Å². The molecule has 1 atom stereocenters. The maximum atomic E-state index is 6.36. The van der Waals surface area contributed by atoms with Gasteiger partial charge in [0, 0.05) is 48.7 Å². The monoisotopic (exact) mass is 529 g/mol. The van der Waals surface area contributed by atoms with Gasteiger partial charge in [-0.15, -0.1) is 0 Å². The number of aromatic nitrogens is 2. The maximum absolute atomic E-state index is 6.36. The number of rotatable bonds is 8. The summed E-state index contributed by atoms with van der Waals surface area (Å²) in [6.07, 6.45) is 8.20. The Balaban J connectivity index is 1.66. The van der Waals surface area contributed by atoms with E-state index in [1.54, 1.807) is 6.20 Å². The summed E-state index contributed by atoms with van der Waals surface area (Å²) >= 11 is 0. The smallest absolute Gasteiger partial charge is 0.227 e. The third kappa shape index (κ3) is 8.28. The van der Waals surface area contributed by atoms with Crippen molar-refractivity contribution in [3.05, 3.63) is 72.4 Å². The van der Waals surface area contributed by atoms with Gasteiger partial charge in [0.05, 0.1) is 12.3 Å². The highest BCUT2D eigenvalue weighted by atomic mass is 16.5. The first-order valence-corrected chi connectivity index (χ1v) is 14.3. The van der Waals surface area contributed by atoms with Crippen molar-refractivity contribution in [1.29, 1.82) is 0 Å². The summed E-state index contributed by atoms with van der Waals surface area (Å²) < 4.78 is 12.4. The lowest BCUT2D eigenvalue weighted by molar-refractivity contribution is 0.203. The van der Waals surface area contributed by atoms with Crippen molar-refractivity contribution in [3.8, 4) is 22.8 Å². The quantitative estimate of drug-likeness (QED) is 0.332. The van der Waals surface area contributed by atoms with E-state index >= 15 is 0 Å². The molecular formula is C32H43N5O2. The number of hydrogen-bond donors (Lipinski definition) is 1. The van der Waals surface area contributed by atoms with E-state index in [0.717, 1.165) is 79.6 Å². The van der Waals surface area contributed by atoms with Gasteiger partial charge >= 0.3 is 0 Å². The summed E-state index contributed by atoms with van der Waals surface area (Å²) in [5.41, 5.74) is 3.94. The Labute approximate surface area is 233 Å². The van der Waals surface area contributed by atoms with E-state index < -0.39 is 0 Å². The average molecular weight is 530 g/mol. The number of hydrogen-bond acceptors (Lipinski definition) is 7. The second-order valence-corrected chi connectivity index (χ2v) is 9.91. The Hall–Kier alpha value is -3.42. The summed E-state index contributed by atoms with van der Waals surface area (Å²) in [5, 5.41) is 3.42. The Kier molecular flexibility index (Phi) is 10.7. The van der Waals surface area contributed by atoms with Crippen molar-refractivity contribution in [2.24, 2.45) is 0 Å². The van der Waals surface area contributed by atoms with E-state index in [9.17, 15) is 0 Å². The maximum Gasteiger partial charge on any atom is 0.227 e. The van der Waals surface area contributed by atoms with Crippen LogP contribution in [0.25, 0.3) is 11.3 Å². The van der Waals surface area contributed by atoms with Crippen LogP contribution in [-0.4, -0.2) is 65.2 Å². The molecule has 1 aliphatic heterocycles. The second kappa shape index (κ2) is 14.7. The third-order valence-corrected chi connectivity index (χ3v) is 7.31. The van der Waals surface area contributed by atoms with Gasteiger partial charge < -0.3 is 19.7 Å². The zero-order valence-corrected chi connectivity index (χ0v) is 23.9. The summed E-state index contributed by atoms with van der Waals surface area (Å²) in [7, 11) is 0. The van der Waals surface area contributed by atoms with Crippen molar-refractivity contribution in [3.63, 3.8) is 0 Å². The Morgan fingerprint density at radius 3 is 2.77 bits per heavy atom. The molecule has 1 N–H and O–H groups in total. The molecule has 2 aromatic carbocycles. The molecule has 1 aromatic heterocycles. The van der Waals surface area contributed by atoms with Crippen LogP contribution in [0.3, 0.4) is 0 Å². The molecule has 0 saturated heterocycles. The van der Waals surface area contributed by atoms with Crippen LogP contribution in [0.4, 0.5) is 11.6 Å². The normalized spacial score (nSPS) is 15.9. The third-order valence-electron chi connectivity index (χ3n) is 7.31. The lowest BCUT2D eigenvalue weighted by Crippen LogP contribution is -2.32. The topological polar surface area (TPSA) is 62.8 Å². The summed E-state index contributed by atoms with van der Waals surface area (Å²) in [5.74, 6) is 2.33. The van der Waals surface area contributed by atoms with Gasteiger partial charge in [0.15, 0.2) is 0 Å². The SMILES string of the molecule is CCC(C)N1C/C=C/CCOc2cccc(c2)-c2ccnc(n2)Nc2ccc(OCCN(CC)CC)c(c2)C1. The van der Waals surface area contributed by atoms with Crippen LogP contribution >= 0.6 is 0 Å². The largest absolute Gasteiger partial charge is 0.493 e. The zero-order chi connectivity index (χ0) is 27.5. The van der Waals surface area contributed by atoms with Gasteiger partial charge in [-0.25, -0.2) is 9.97 Å². The van der Waals surface area contributed by atoms with Crippen LogP contribution < -0.4 is 14.8 Å². The van der Waals surface area contributed by atoms with Crippen LogP contribution in [0.15, 0.2) is 66.9 Å².